The number of carbonyl (C=O) groups is 2. The topological polar surface area (TPSA) is 122 Å². The summed E-state index contributed by atoms with van der Waals surface area (Å²) in [5.41, 5.74) is 11.8. The Labute approximate surface area is 221 Å². The van der Waals surface area contributed by atoms with E-state index < -0.39 is 0 Å². The number of hydrogen-bond donors (Lipinski definition) is 1. The number of nitrogens with zero attached hydrogens (tertiary/aromatic N) is 4. The van der Waals surface area contributed by atoms with Crippen LogP contribution in [0.2, 0.25) is 0 Å². The van der Waals surface area contributed by atoms with Crippen molar-refractivity contribution >= 4 is 34.5 Å². The number of carbonyl (C=O) groups excluding carboxylic acids is 2. The van der Waals surface area contributed by atoms with E-state index in [-0.39, 0.29) is 11.9 Å². The Kier molecular flexibility index (Phi) is 8.47. The quantitative estimate of drug-likeness (QED) is 0.290. The third kappa shape index (κ3) is 6.61. The molecule has 0 unspecified atom stereocenters. The van der Waals surface area contributed by atoms with Crippen LogP contribution in [-0.2, 0) is 16.6 Å². The van der Waals surface area contributed by atoms with E-state index in [2.05, 4.69) is 15.0 Å². The summed E-state index contributed by atoms with van der Waals surface area (Å²) in [6.07, 6.45) is 8.95. The predicted octanol–water partition coefficient (Wildman–Crippen LogP) is 5.25. The number of fused-ring (bicyclic) bond motifs is 1. The largest absolute Gasteiger partial charge is 0.427 e. The zero-order chi connectivity index (χ0) is 27.1. The van der Waals surface area contributed by atoms with Gasteiger partial charge in [0.05, 0.1) is 6.33 Å². The number of benzene rings is 2. The highest BCUT2D eigenvalue weighted by Crippen LogP contribution is 2.36. The van der Waals surface area contributed by atoms with E-state index in [1.54, 1.807) is 10.9 Å². The minimum absolute atomic E-state index is 0.324. The van der Waals surface area contributed by atoms with Crippen LogP contribution in [0, 0.1) is 0 Å². The molecule has 0 bridgehead atoms. The zero-order valence-electron chi connectivity index (χ0n) is 21.8. The van der Waals surface area contributed by atoms with Crippen molar-refractivity contribution in [3.8, 4) is 11.5 Å². The second-order valence-corrected chi connectivity index (χ2v) is 9.06. The van der Waals surface area contributed by atoms with Crippen molar-refractivity contribution in [2.45, 2.75) is 46.0 Å². The molecule has 0 atom stereocenters. The molecule has 0 aliphatic heterocycles. The lowest BCUT2D eigenvalue weighted by Crippen LogP contribution is -2.03. The number of anilines is 1. The van der Waals surface area contributed by atoms with Crippen molar-refractivity contribution in [3.63, 3.8) is 0 Å². The number of nitrogens with two attached hydrogens (primary N) is 1. The number of rotatable bonds is 4. The number of imidazole rings is 1. The van der Waals surface area contributed by atoms with E-state index in [1.807, 2.05) is 55.6 Å². The maximum Gasteiger partial charge on any atom is 0.308 e. The van der Waals surface area contributed by atoms with Gasteiger partial charge in [0.25, 0.3) is 0 Å². The highest BCUT2D eigenvalue weighted by molar-refractivity contribution is 5.83. The van der Waals surface area contributed by atoms with Gasteiger partial charge in [-0.25, -0.2) is 15.0 Å². The molecule has 4 aromatic rings. The van der Waals surface area contributed by atoms with E-state index in [9.17, 15) is 9.59 Å². The van der Waals surface area contributed by atoms with Gasteiger partial charge < -0.3 is 19.8 Å². The van der Waals surface area contributed by atoms with Crippen molar-refractivity contribution in [3.05, 3.63) is 77.9 Å². The number of hydrogen-bond acceptors (Lipinski definition) is 8. The number of aryl methyl sites for hydroxylation is 1. The van der Waals surface area contributed by atoms with Gasteiger partial charge in [0.15, 0.2) is 11.5 Å². The Morgan fingerprint density at radius 2 is 1.32 bits per heavy atom. The predicted molar refractivity (Wildman–Crippen MR) is 145 cm³/mol. The molecule has 0 amide bonds. The third-order valence-corrected chi connectivity index (χ3v) is 6.15. The molecule has 2 N–H and O–H groups in total. The van der Waals surface area contributed by atoms with Crippen LogP contribution in [0.5, 0.6) is 11.5 Å². The summed E-state index contributed by atoms with van der Waals surface area (Å²) in [4.78, 5) is 34.1. The highest BCUT2D eigenvalue weighted by atomic mass is 16.5. The Hall–Kier alpha value is -4.53. The summed E-state index contributed by atoms with van der Waals surface area (Å²) in [6, 6.07) is 15.3. The first kappa shape index (κ1) is 26.5. The minimum Gasteiger partial charge on any atom is -0.427 e. The maximum atomic E-state index is 11.1. The average molecular weight is 514 g/mol. The Balaban J connectivity index is 0.000000253. The number of allylic oxidation sites excluding steroid dienone is 1. The number of ether oxygens (including phenoxy) is 2. The molecular weight excluding hydrogens is 482 g/mol. The van der Waals surface area contributed by atoms with Gasteiger partial charge in [-0.3, -0.25) is 9.59 Å². The molecular formula is C29H31N5O4. The van der Waals surface area contributed by atoms with Crippen LogP contribution in [0.3, 0.4) is 0 Å². The zero-order valence-corrected chi connectivity index (χ0v) is 21.8. The second-order valence-electron chi connectivity index (χ2n) is 9.06. The van der Waals surface area contributed by atoms with Crippen LogP contribution in [0.1, 0.15) is 57.1 Å². The fourth-order valence-corrected chi connectivity index (χ4v) is 4.48. The summed E-state index contributed by atoms with van der Waals surface area (Å²) in [5.74, 6) is 0.869. The van der Waals surface area contributed by atoms with Gasteiger partial charge in [-0.1, -0.05) is 36.3 Å². The van der Waals surface area contributed by atoms with Gasteiger partial charge in [0.2, 0.25) is 0 Å². The van der Waals surface area contributed by atoms with Crippen LogP contribution in [0.25, 0.3) is 16.7 Å². The van der Waals surface area contributed by atoms with Crippen molar-refractivity contribution in [1.29, 1.82) is 0 Å². The molecule has 2 heterocycles. The molecule has 0 radical (unpaired) electrons. The van der Waals surface area contributed by atoms with Gasteiger partial charge in [-0.15, -0.1) is 0 Å². The summed E-state index contributed by atoms with van der Waals surface area (Å²) in [7, 11) is 1.86. The molecule has 38 heavy (non-hydrogen) atoms. The fraction of sp³-hybridized carbons (Fsp3) is 0.276. The van der Waals surface area contributed by atoms with Crippen LogP contribution >= 0.6 is 0 Å². The standard InChI is InChI=1S/C23H24O4.C6H7N5/c1-16(24)26-21-12-8-19(9-13-21)23(18-6-4-3-5-7-18)20-10-14-22(15-11-20)27-17(2)25;1-11-3-10-4-5(7)8-2-9-6(4)11/h8-15H,3-7H2,1-2H3;2-3H,1H3,(H2,7,8,9). The Morgan fingerprint density at radius 3 is 1.79 bits per heavy atom. The van der Waals surface area contributed by atoms with Gasteiger partial charge in [-0.05, 0) is 66.6 Å². The molecule has 2 aromatic carbocycles. The van der Waals surface area contributed by atoms with Crippen molar-refractivity contribution < 1.29 is 19.1 Å². The van der Waals surface area contributed by atoms with E-state index in [1.165, 1.54) is 50.6 Å². The second kappa shape index (κ2) is 12.1. The van der Waals surface area contributed by atoms with E-state index in [4.69, 9.17) is 15.2 Å². The molecule has 1 saturated carbocycles. The van der Waals surface area contributed by atoms with Crippen LogP contribution < -0.4 is 15.2 Å². The van der Waals surface area contributed by atoms with Crippen LogP contribution in [0.15, 0.2) is 66.8 Å². The molecule has 2 aromatic heterocycles. The first-order valence-electron chi connectivity index (χ1n) is 12.5. The van der Waals surface area contributed by atoms with Gasteiger partial charge >= 0.3 is 11.9 Å². The molecule has 9 nitrogen and oxygen atoms in total. The molecule has 9 heteroatoms. The summed E-state index contributed by atoms with van der Waals surface area (Å²) >= 11 is 0. The number of aromatic nitrogens is 4. The van der Waals surface area contributed by atoms with Crippen LogP contribution in [-0.4, -0.2) is 31.5 Å². The molecule has 1 aliphatic rings. The Bertz CT molecular complexity index is 1390. The SMILES string of the molecule is CC(=O)Oc1ccc(C(=C2CCCCC2)c2ccc(OC(C)=O)cc2)cc1.Cn1cnc2c(N)ncnc21. The van der Waals surface area contributed by atoms with E-state index >= 15 is 0 Å². The summed E-state index contributed by atoms with van der Waals surface area (Å²) < 4.78 is 12.1. The van der Waals surface area contributed by atoms with Gasteiger partial charge in [0, 0.05) is 20.9 Å². The van der Waals surface area contributed by atoms with Crippen LogP contribution in [0.4, 0.5) is 5.82 Å². The fourth-order valence-electron chi connectivity index (χ4n) is 4.48. The lowest BCUT2D eigenvalue weighted by molar-refractivity contribution is -0.132. The molecule has 5 rings (SSSR count). The lowest BCUT2D eigenvalue weighted by atomic mass is 9.85. The highest BCUT2D eigenvalue weighted by Gasteiger charge is 2.15. The van der Waals surface area contributed by atoms with Crippen molar-refractivity contribution in [2.75, 3.05) is 5.73 Å². The van der Waals surface area contributed by atoms with E-state index in [0.717, 1.165) is 29.6 Å². The summed E-state index contributed by atoms with van der Waals surface area (Å²) in [5, 5.41) is 0. The molecule has 0 spiro atoms. The lowest BCUT2D eigenvalue weighted by Gasteiger charge is -2.20. The first-order valence-corrected chi connectivity index (χ1v) is 12.5. The number of esters is 2. The van der Waals surface area contributed by atoms with Gasteiger partial charge in [-0.2, -0.15) is 0 Å². The van der Waals surface area contributed by atoms with E-state index in [0.29, 0.717) is 22.8 Å². The molecule has 1 aliphatic carbocycles. The monoisotopic (exact) mass is 513 g/mol. The van der Waals surface area contributed by atoms with Gasteiger partial charge in [0.1, 0.15) is 23.3 Å². The minimum atomic E-state index is -0.324. The molecule has 196 valence electrons. The number of nitrogen functional groups attached to an aromatic ring is 1. The maximum absolute atomic E-state index is 11.1. The smallest absolute Gasteiger partial charge is 0.308 e. The Morgan fingerprint density at radius 1 is 0.789 bits per heavy atom. The first-order chi connectivity index (χ1) is 18.3. The molecule has 1 fully saturated rings. The third-order valence-electron chi connectivity index (χ3n) is 6.15. The van der Waals surface area contributed by atoms with Crippen molar-refractivity contribution in [2.24, 2.45) is 7.05 Å². The van der Waals surface area contributed by atoms with Crippen molar-refractivity contribution in [1.82, 2.24) is 19.5 Å². The average Bonchev–Trinajstić information content (AvgIpc) is 3.29. The summed E-state index contributed by atoms with van der Waals surface area (Å²) in [6.45, 7) is 2.79. The molecule has 0 saturated heterocycles. The normalized spacial score (nSPS) is 12.9.